The predicted molar refractivity (Wildman–Crippen MR) is 49.6 cm³/mol. The third-order valence-electron chi connectivity index (χ3n) is 0.877. The van der Waals surface area contributed by atoms with E-state index in [4.69, 9.17) is 4.74 Å². The van der Waals surface area contributed by atoms with Crippen molar-refractivity contribution >= 4 is 80.6 Å². The van der Waals surface area contributed by atoms with E-state index in [-0.39, 0.29) is 57.5 Å². The van der Waals surface area contributed by atoms with Gasteiger partial charge in [-0.05, 0) is 25.6 Å². The molecule has 9 heavy (non-hydrogen) atoms. The van der Waals surface area contributed by atoms with Crippen LogP contribution in [0.2, 0.25) is 0 Å². The van der Waals surface area contributed by atoms with E-state index in [9.17, 15) is 0 Å². The molecular weight excluding hydrogens is 179 g/mol. The van der Waals surface area contributed by atoms with Crippen LogP contribution in [0, 0.1) is 0 Å². The molecule has 0 amide bonds. The Morgan fingerprint density at radius 2 is 2.22 bits per heavy atom. The van der Waals surface area contributed by atoms with Gasteiger partial charge in [0.15, 0.2) is 0 Å². The Bertz CT molecular complexity index is 87.0. The summed E-state index contributed by atoms with van der Waals surface area (Å²) in [6.07, 6.45) is 1.18. The van der Waals surface area contributed by atoms with Crippen molar-refractivity contribution in [2.75, 3.05) is 0 Å². The van der Waals surface area contributed by atoms with E-state index in [1.54, 1.807) is 0 Å². The van der Waals surface area contributed by atoms with Gasteiger partial charge < -0.3 is 4.74 Å². The molecule has 0 aliphatic heterocycles. The summed E-state index contributed by atoms with van der Waals surface area (Å²) in [5, 5.41) is 0. The van der Waals surface area contributed by atoms with Gasteiger partial charge in [0.25, 0.3) is 0 Å². The SMILES string of the molecule is CCC(C)OC(=S)S.[KH]. The van der Waals surface area contributed by atoms with E-state index >= 15 is 0 Å². The molecule has 0 saturated heterocycles. The number of hydrogen-bond acceptors (Lipinski definition) is 2. The Morgan fingerprint density at radius 3 is 2.33 bits per heavy atom. The summed E-state index contributed by atoms with van der Waals surface area (Å²) in [6, 6.07) is 0. The Kier molecular flexibility index (Phi) is 11.9. The molecule has 0 fully saturated rings. The minimum atomic E-state index is 0. The second-order valence-electron chi connectivity index (χ2n) is 1.60. The van der Waals surface area contributed by atoms with Gasteiger partial charge in [0.05, 0.1) is 6.10 Å². The molecule has 0 spiro atoms. The maximum atomic E-state index is 4.99. The summed E-state index contributed by atoms with van der Waals surface area (Å²) >= 11 is 8.38. The van der Waals surface area contributed by atoms with Crippen molar-refractivity contribution in [3.05, 3.63) is 0 Å². The first kappa shape index (κ1) is 13.5. The molecule has 1 unspecified atom stereocenters. The van der Waals surface area contributed by atoms with Gasteiger partial charge in [0, 0.05) is 0 Å². The Morgan fingerprint density at radius 1 is 1.78 bits per heavy atom. The van der Waals surface area contributed by atoms with Gasteiger partial charge in [-0.25, -0.2) is 0 Å². The van der Waals surface area contributed by atoms with Crippen LogP contribution >= 0.6 is 24.8 Å². The molecule has 0 aromatic rings. The first-order valence-electron chi connectivity index (χ1n) is 2.56. The third kappa shape index (κ3) is 9.88. The van der Waals surface area contributed by atoms with Crippen LogP contribution in [0.3, 0.4) is 0 Å². The van der Waals surface area contributed by atoms with Crippen LogP contribution in [0.4, 0.5) is 0 Å². The zero-order valence-corrected chi connectivity index (χ0v) is 6.76. The van der Waals surface area contributed by atoms with E-state index in [0.717, 1.165) is 6.42 Å². The van der Waals surface area contributed by atoms with Crippen molar-refractivity contribution in [2.24, 2.45) is 0 Å². The molecule has 0 N–H and O–H groups in total. The summed E-state index contributed by atoms with van der Waals surface area (Å²) in [7, 11) is 0. The normalized spacial score (nSPS) is 11.4. The fourth-order valence-electron chi connectivity index (χ4n) is 0.255. The van der Waals surface area contributed by atoms with Crippen molar-refractivity contribution in [3.63, 3.8) is 0 Å². The number of thiol groups is 1. The molecule has 0 bridgehead atoms. The van der Waals surface area contributed by atoms with Crippen molar-refractivity contribution in [2.45, 2.75) is 26.4 Å². The van der Waals surface area contributed by atoms with Gasteiger partial charge in [0.2, 0.25) is 4.38 Å². The Labute approximate surface area is 110 Å². The second-order valence-corrected chi connectivity index (χ2v) is 2.68. The van der Waals surface area contributed by atoms with Crippen LogP contribution in [0.15, 0.2) is 0 Å². The van der Waals surface area contributed by atoms with Gasteiger partial charge in [-0.3, -0.25) is 0 Å². The fourth-order valence-corrected chi connectivity index (χ4v) is 0.600. The molecule has 0 rings (SSSR count). The van der Waals surface area contributed by atoms with Crippen molar-refractivity contribution < 1.29 is 4.74 Å². The molecule has 0 heterocycles. The fraction of sp³-hybridized carbons (Fsp3) is 0.800. The van der Waals surface area contributed by atoms with Crippen molar-refractivity contribution in [3.8, 4) is 0 Å². The number of rotatable bonds is 2. The van der Waals surface area contributed by atoms with Gasteiger partial charge in [-0.1, -0.05) is 19.6 Å². The minimum absolute atomic E-state index is 0. The Hall–Kier alpha value is 1.88. The van der Waals surface area contributed by atoms with Crippen molar-refractivity contribution in [1.82, 2.24) is 0 Å². The van der Waals surface area contributed by atoms with E-state index in [2.05, 4.69) is 24.8 Å². The zero-order chi connectivity index (χ0) is 6.57. The molecular formula is C5H11KOS2. The molecule has 1 atom stereocenters. The topological polar surface area (TPSA) is 9.23 Å². The van der Waals surface area contributed by atoms with Crippen LogP contribution in [0.5, 0.6) is 0 Å². The summed E-state index contributed by atoms with van der Waals surface area (Å²) in [4.78, 5) is 0. The molecule has 0 aromatic heterocycles. The standard InChI is InChI=1S/C5H10OS2.K.H/c1-3-4(2)6-5(7)8;;/h4H,3H2,1-2H3,(H,7,8);;. The predicted octanol–water partition coefficient (Wildman–Crippen LogP) is 1.37. The molecule has 1 nitrogen and oxygen atoms in total. The van der Waals surface area contributed by atoms with Crippen LogP contribution in [-0.4, -0.2) is 61.9 Å². The van der Waals surface area contributed by atoms with Gasteiger partial charge in [-0.15, -0.1) is 0 Å². The molecule has 50 valence electrons. The van der Waals surface area contributed by atoms with Gasteiger partial charge in [-0.2, -0.15) is 0 Å². The molecule has 0 radical (unpaired) electrons. The van der Waals surface area contributed by atoms with E-state index < -0.39 is 0 Å². The van der Waals surface area contributed by atoms with Gasteiger partial charge >= 0.3 is 51.4 Å². The van der Waals surface area contributed by atoms with Crippen LogP contribution in [0.25, 0.3) is 0 Å². The van der Waals surface area contributed by atoms with E-state index in [1.165, 1.54) is 0 Å². The first-order valence-corrected chi connectivity index (χ1v) is 3.42. The first-order chi connectivity index (χ1) is 3.66. The molecule has 4 heteroatoms. The third-order valence-corrected chi connectivity index (χ3v) is 1.08. The molecule has 0 saturated carbocycles. The number of thiocarbonyl (C=S) groups is 1. The van der Waals surface area contributed by atoms with Crippen molar-refractivity contribution in [1.29, 1.82) is 0 Å². The van der Waals surface area contributed by atoms with E-state index in [1.807, 2.05) is 13.8 Å². The quantitative estimate of drug-likeness (QED) is 0.400. The van der Waals surface area contributed by atoms with Crippen LogP contribution in [-0.2, 0) is 4.74 Å². The average molecular weight is 190 g/mol. The van der Waals surface area contributed by atoms with E-state index in [0.29, 0.717) is 4.38 Å². The van der Waals surface area contributed by atoms with Crippen LogP contribution < -0.4 is 0 Å². The summed E-state index contributed by atoms with van der Waals surface area (Å²) in [5.41, 5.74) is 0. The average Bonchev–Trinajstić information content (AvgIpc) is 1.65. The van der Waals surface area contributed by atoms with Crippen LogP contribution in [0.1, 0.15) is 20.3 Å². The summed E-state index contributed by atoms with van der Waals surface area (Å²) in [6.45, 7) is 4.00. The summed E-state index contributed by atoms with van der Waals surface area (Å²) in [5.74, 6) is 0. The number of hydrogen-bond donors (Lipinski definition) is 1. The molecule has 0 aliphatic rings. The summed E-state index contributed by atoms with van der Waals surface area (Å²) < 4.78 is 5.33. The monoisotopic (exact) mass is 190 g/mol. The Balaban J connectivity index is 0. The second kappa shape index (κ2) is 7.98. The molecule has 0 aliphatic carbocycles. The maximum absolute atomic E-state index is 4.99. The molecule has 0 aromatic carbocycles. The zero-order valence-electron chi connectivity index (χ0n) is 5.05. The number of ether oxygens (including phenoxy) is 1. The van der Waals surface area contributed by atoms with Gasteiger partial charge in [0.1, 0.15) is 0 Å².